The lowest BCUT2D eigenvalue weighted by Gasteiger charge is -2.09. The van der Waals surface area contributed by atoms with Crippen LogP contribution in [0.25, 0.3) is 0 Å². The molecule has 4 heteroatoms. The maximum Gasteiger partial charge on any atom is 0.0549 e. The second-order valence-electron chi connectivity index (χ2n) is 2.57. The molecule has 1 aliphatic rings. The molecule has 0 saturated carbocycles. The third kappa shape index (κ3) is 1.83. The minimum atomic E-state index is 0. The summed E-state index contributed by atoms with van der Waals surface area (Å²) in [6, 6.07) is 8.26. The van der Waals surface area contributed by atoms with Gasteiger partial charge in [0.15, 0.2) is 0 Å². The molecular weight excluding hydrogens is 195 g/mol. The van der Waals surface area contributed by atoms with Crippen molar-refractivity contribution in [2.45, 2.75) is 6.42 Å². The largest absolute Gasteiger partial charge is 0.310 e. The molecule has 0 atom stereocenters. The van der Waals surface area contributed by atoms with Gasteiger partial charge in [-0.1, -0.05) is 18.2 Å². The third-order valence-corrected chi connectivity index (χ3v) is 1.92. The zero-order valence-corrected chi connectivity index (χ0v) is 8.20. The van der Waals surface area contributed by atoms with Gasteiger partial charge >= 0.3 is 0 Å². The molecule has 0 bridgehead atoms. The number of rotatable bonds is 0. The molecule has 2 rings (SSSR count). The van der Waals surface area contributed by atoms with Gasteiger partial charge in [-0.2, -0.15) is 0 Å². The predicted octanol–water partition coefficient (Wildman–Crippen LogP) is 1.77. The Kier molecular flexibility index (Phi) is 4.39. The molecule has 0 amide bonds. The Labute approximate surface area is 84.5 Å². The SMILES string of the molecule is Cl.Cl.NN1CCc2ccccc21. The Balaban J connectivity index is 0.000000605. The van der Waals surface area contributed by atoms with E-state index in [1.165, 1.54) is 11.3 Å². The van der Waals surface area contributed by atoms with E-state index in [-0.39, 0.29) is 24.8 Å². The van der Waals surface area contributed by atoms with Crippen LogP contribution in [-0.4, -0.2) is 6.54 Å². The summed E-state index contributed by atoms with van der Waals surface area (Å²) < 4.78 is 0. The van der Waals surface area contributed by atoms with E-state index in [4.69, 9.17) is 5.84 Å². The molecule has 12 heavy (non-hydrogen) atoms. The summed E-state index contributed by atoms with van der Waals surface area (Å²) in [6.07, 6.45) is 1.09. The number of fused-ring (bicyclic) bond motifs is 1. The lowest BCUT2D eigenvalue weighted by molar-refractivity contribution is 0.891. The summed E-state index contributed by atoms with van der Waals surface area (Å²) >= 11 is 0. The molecule has 0 saturated heterocycles. The molecule has 2 N–H and O–H groups in total. The second-order valence-corrected chi connectivity index (χ2v) is 2.57. The number of anilines is 1. The van der Waals surface area contributed by atoms with Gasteiger partial charge in [0, 0.05) is 6.54 Å². The lowest BCUT2D eigenvalue weighted by atomic mass is 10.2. The van der Waals surface area contributed by atoms with Crippen LogP contribution in [0, 0.1) is 0 Å². The zero-order chi connectivity index (χ0) is 6.97. The van der Waals surface area contributed by atoms with E-state index in [0.717, 1.165) is 13.0 Å². The highest BCUT2D eigenvalue weighted by molar-refractivity contribution is 5.85. The first kappa shape index (κ1) is 11.6. The van der Waals surface area contributed by atoms with Gasteiger partial charge in [-0.05, 0) is 18.1 Å². The Morgan fingerprint density at radius 2 is 1.83 bits per heavy atom. The summed E-state index contributed by atoms with van der Waals surface area (Å²) in [4.78, 5) is 0. The van der Waals surface area contributed by atoms with Crippen molar-refractivity contribution in [1.82, 2.24) is 0 Å². The average molecular weight is 207 g/mol. The van der Waals surface area contributed by atoms with Gasteiger partial charge in [0.1, 0.15) is 0 Å². The van der Waals surface area contributed by atoms with Crippen molar-refractivity contribution in [3.05, 3.63) is 29.8 Å². The summed E-state index contributed by atoms with van der Waals surface area (Å²) in [5.74, 6) is 5.68. The second kappa shape index (κ2) is 4.55. The predicted molar refractivity (Wildman–Crippen MR) is 56.2 cm³/mol. The van der Waals surface area contributed by atoms with Crippen molar-refractivity contribution >= 4 is 30.5 Å². The minimum Gasteiger partial charge on any atom is -0.310 e. The average Bonchev–Trinajstić information content (AvgIpc) is 2.34. The number of hydrazine groups is 1. The van der Waals surface area contributed by atoms with Crippen molar-refractivity contribution in [3.63, 3.8) is 0 Å². The Morgan fingerprint density at radius 1 is 1.17 bits per heavy atom. The highest BCUT2D eigenvalue weighted by Gasteiger charge is 2.13. The van der Waals surface area contributed by atoms with E-state index in [1.54, 1.807) is 5.01 Å². The first-order valence-corrected chi connectivity index (χ1v) is 3.48. The number of benzene rings is 1. The van der Waals surface area contributed by atoms with Crippen molar-refractivity contribution in [1.29, 1.82) is 0 Å². The molecule has 1 heterocycles. The van der Waals surface area contributed by atoms with Gasteiger partial charge in [-0.25, -0.2) is 5.84 Å². The Bertz CT molecular complexity index is 253. The summed E-state index contributed by atoms with van der Waals surface area (Å²) in [6.45, 7) is 0.958. The molecule has 2 nitrogen and oxygen atoms in total. The van der Waals surface area contributed by atoms with Crippen LogP contribution in [0.1, 0.15) is 5.56 Å². The van der Waals surface area contributed by atoms with E-state index in [2.05, 4.69) is 18.2 Å². The van der Waals surface area contributed by atoms with Crippen molar-refractivity contribution in [2.75, 3.05) is 11.6 Å². The van der Waals surface area contributed by atoms with Gasteiger partial charge in [-0.3, -0.25) is 0 Å². The van der Waals surface area contributed by atoms with Gasteiger partial charge in [-0.15, -0.1) is 24.8 Å². The number of halogens is 2. The number of hydrogen-bond acceptors (Lipinski definition) is 2. The van der Waals surface area contributed by atoms with E-state index in [1.807, 2.05) is 6.07 Å². The first-order valence-electron chi connectivity index (χ1n) is 3.48. The normalized spacial score (nSPS) is 12.9. The fourth-order valence-electron chi connectivity index (χ4n) is 1.36. The van der Waals surface area contributed by atoms with E-state index in [0.29, 0.717) is 0 Å². The van der Waals surface area contributed by atoms with Gasteiger partial charge in [0.2, 0.25) is 0 Å². The van der Waals surface area contributed by atoms with Gasteiger partial charge in [0.25, 0.3) is 0 Å². The van der Waals surface area contributed by atoms with E-state index < -0.39 is 0 Å². The van der Waals surface area contributed by atoms with Crippen LogP contribution >= 0.6 is 24.8 Å². The molecular formula is C8H12Cl2N2. The Morgan fingerprint density at radius 3 is 2.50 bits per heavy atom. The van der Waals surface area contributed by atoms with Gasteiger partial charge < -0.3 is 5.01 Å². The summed E-state index contributed by atoms with van der Waals surface area (Å²) in [5.41, 5.74) is 2.55. The van der Waals surface area contributed by atoms with Crippen molar-refractivity contribution < 1.29 is 0 Å². The summed E-state index contributed by atoms with van der Waals surface area (Å²) in [5, 5.41) is 1.80. The van der Waals surface area contributed by atoms with Crippen LogP contribution in [0.2, 0.25) is 0 Å². The molecule has 68 valence electrons. The molecule has 0 unspecified atom stereocenters. The van der Waals surface area contributed by atoms with Crippen molar-refractivity contribution in [3.8, 4) is 0 Å². The topological polar surface area (TPSA) is 29.3 Å². The summed E-state index contributed by atoms with van der Waals surface area (Å²) in [7, 11) is 0. The van der Waals surface area contributed by atoms with Crippen LogP contribution in [0.5, 0.6) is 0 Å². The van der Waals surface area contributed by atoms with Crippen molar-refractivity contribution in [2.24, 2.45) is 5.84 Å². The van der Waals surface area contributed by atoms with E-state index in [9.17, 15) is 0 Å². The van der Waals surface area contributed by atoms with Crippen LogP contribution < -0.4 is 10.9 Å². The number of nitrogens with zero attached hydrogens (tertiary/aromatic N) is 1. The number of nitrogens with two attached hydrogens (primary N) is 1. The molecule has 1 aliphatic heterocycles. The maximum absolute atomic E-state index is 5.68. The highest BCUT2D eigenvalue weighted by Crippen LogP contribution is 2.23. The molecule has 0 spiro atoms. The third-order valence-electron chi connectivity index (χ3n) is 1.92. The smallest absolute Gasteiger partial charge is 0.0549 e. The first-order chi connectivity index (χ1) is 4.88. The highest BCUT2D eigenvalue weighted by atomic mass is 35.5. The molecule has 0 aromatic heterocycles. The van der Waals surface area contributed by atoms with Crippen LogP contribution in [0.4, 0.5) is 5.69 Å². The van der Waals surface area contributed by atoms with E-state index >= 15 is 0 Å². The standard InChI is InChI=1S/C8H10N2.2ClH/c9-10-6-5-7-3-1-2-4-8(7)10;;/h1-4H,5-6,9H2;2*1H. The lowest BCUT2D eigenvalue weighted by Crippen LogP contribution is -2.27. The maximum atomic E-state index is 5.68. The molecule has 0 fully saturated rings. The van der Waals surface area contributed by atoms with Crippen LogP contribution in [-0.2, 0) is 6.42 Å². The molecule has 1 aromatic rings. The molecule has 1 aromatic carbocycles. The molecule has 0 radical (unpaired) electrons. The van der Waals surface area contributed by atoms with Crippen LogP contribution in [0.15, 0.2) is 24.3 Å². The van der Waals surface area contributed by atoms with Gasteiger partial charge in [0.05, 0.1) is 5.69 Å². The Hall–Kier alpha value is -0.440. The number of hydrogen-bond donors (Lipinski definition) is 1. The minimum absolute atomic E-state index is 0. The van der Waals surface area contributed by atoms with Crippen LogP contribution in [0.3, 0.4) is 0 Å². The quantitative estimate of drug-likeness (QED) is 0.657. The fourth-order valence-corrected chi connectivity index (χ4v) is 1.36. The molecule has 0 aliphatic carbocycles. The number of para-hydroxylation sites is 1. The zero-order valence-electron chi connectivity index (χ0n) is 6.56. The monoisotopic (exact) mass is 206 g/mol. The fraction of sp³-hybridized carbons (Fsp3) is 0.250.